The average molecular weight is 312 g/mol. The van der Waals surface area contributed by atoms with E-state index in [2.05, 4.69) is 19.9 Å². The fourth-order valence-corrected chi connectivity index (χ4v) is 6.57. The molecule has 0 unspecified atom stereocenters. The highest BCUT2D eigenvalue weighted by Crippen LogP contribution is 2.64. The van der Waals surface area contributed by atoms with Gasteiger partial charge in [0.15, 0.2) is 0 Å². The first-order chi connectivity index (χ1) is 11.0. The summed E-state index contributed by atoms with van der Waals surface area (Å²) in [7, 11) is 0. The second-order valence-electron chi connectivity index (χ2n) is 8.52. The molecule has 2 nitrogen and oxygen atoms in total. The molecule has 0 saturated heterocycles. The van der Waals surface area contributed by atoms with Gasteiger partial charge in [0.1, 0.15) is 12.0 Å². The second-order valence-corrected chi connectivity index (χ2v) is 8.52. The lowest BCUT2D eigenvalue weighted by molar-refractivity contribution is -0.114. The number of rotatable bonds is 2. The van der Waals surface area contributed by atoms with Crippen LogP contribution in [-0.2, 0) is 11.2 Å². The number of aldehydes is 1. The molecule has 0 bridgehead atoms. The number of phenols is 1. The van der Waals surface area contributed by atoms with E-state index in [1.165, 1.54) is 49.5 Å². The lowest BCUT2D eigenvalue weighted by Crippen LogP contribution is -2.43. The zero-order valence-corrected chi connectivity index (χ0v) is 14.3. The van der Waals surface area contributed by atoms with E-state index < -0.39 is 0 Å². The molecule has 0 aliphatic heterocycles. The maximum atomic E-state index is 11.4. The van der Waals surface area contributed by atoms with E-state index in [1.807, 2.05) is 12.1 Å². The van der Waals surface area contributed by atoms with Gasteiger partial charge in [-0.25, -0.2) is 0 Å². The molecule has 4 rings (SSSR count). The topological polar surface area (TPSA) is 37.3 Å². The van der Waals surface area contributed by atoms with Gasteiger partial charge in [-0.3, -0.25) is 0 Å². The molecule has 0 radical (unpaired) electrons. The Kier molecular flexibility index (Phi) is 3.55. The van der Waals surface area contributed by atoms with Crippen LogP contribution in [0.25, 0.3) is 0 Å². The monoisotopic (exact) mass is 312 g/mol. The molecule has 1 N–H and O–H groups in total. The van der Waals surface area contributed by atoms with Crippen molar-refractivity contribution in [2.75, 3.05) is 0 Å². The van der Waals surface area contributed by atoms with Gasteiger partial charge in [-0.15, -0.1) is 0 Å². The summed E-state index contributed by atoms with van der Waals surface area (Å²) in [5, 5.41) is 9.77. The van der Waals surface area contributed by atoms with E-state index >= 15 is 0 Å². The van der Waals surface area contributed by atoms with E-state index in [0.717, 1.165) is 18.3 Å². The van der Waals surface area contributed by atoms with Crippen LogP contribution < -0.4 is 0 Å². The van der Waals surface area contributed by atoms with Crippen LogP contribution in [0.3, 0.4) is 0 Å². The van der Waals surface area contributed by atoms with Gasteiger partial charge in [-0.1, -0.05) is 19.9 Å². The Morgan fingerprint density at radius 1 is 1.26 bits per heavy atom. The van der Waals surface area contributed by atoms with Gasteiger partial charge >= 0.3 is 0 Å². The van der Waals surface area contributed by atoms with E-state index in [4.69, 9.17) is 0 Å². The van der Waals surface area contributed by atoms with Crippen molar-refractivity contribution in [3.8, 4) is 5.75 Å². The van der Waals surface area contributed by atoms with Gasteiger partial charge in [0, 0.05) is 5.92 Å². The predicted molar refractivity (Wildman–Crippen MR) is 91.4 cm³/mol. The molecule has 1 aromatic rings. The third kappa shape index (κ3) is 2.17. The van der Waals surface area contributed by atoms with Crippen molar-refractivity contribution in [2.45, 2.75) is 58.3 Å². The fraction of sp³-hybridized carbons (Fsp3) is 0.667. The van der Waals surface area contributed by atoms with Gasteiger partial charge in [0.25, 0.3) is 0 Å². The molecule has 1 aromatic carbocycles. The van der Waals surface area contributed by atoms with Crippen LogP contribution >= 0.6 is 0 Å². The Bertz CT molecular complexity index is 622. The molecular formula is C21H28O2. The summed E-state index contributed by atoms with van der Waals surface area (Å²) in [5.41, 5.74) is 3.22. The Morgan fingerprint density at radius 3 is 2.87 bits per heavy atom. The Morgan fingerprint density at radius 2 is 2.09 bits per heavy atom. The molecule has 23 heavy (non-hydrogen) atoms. The maximum absolute atomic E-state index is 11.4. The van der Waals surface area contributed by atoms with Crippen LogP contribution in [-0.4, -0.2) is 11.4 Å². The number of hydrogen-bond acceptors (Lipinski definition) is 2. The minimum Gasteiger partial charge on any atom is -0.508 e. The minimum absolute atomic E-state index is 0.203. The number of benzene rings is 1. The van der Waals surface area contributed by atoms with Crippen molar-refractivity contribution >= 4 is 6.29 Å². The van der Waals surface area contributed by atoms with Crippen LogP contribution in [0.15, 0.2) is 18.2 Å². The third-order valence-electron chi connectivity index (χ3n) is 7.63. The number of aromatic hydroxyl groups is 1. The number of carbonyl (C=O) groups is 1. The van der Waals surface area contributed by atoms with Crippen LogP contribution in [0.5, 0.6) is 5.75 Å². The highest BCUT2D eigenvalue weighted by Gasteiger charge is 2.55. The number of aryl methyl sites for hydroxylation is 1. The van der Waals surface area contributed by atoms with Gasteiger partial charge in [0.2, 0.25) is 0 Å². The molecule has 2 fully saturated rings. The molecule has 0 spiro atoms. The molecule has 124 valence electrons. The molecular weight excluding hydrogens is 284 g/mol. The fourth-order valence-electron chi connectivity index (χ4n) is 6.57. The van der Waals surface area contributed by atoms with Gasteiger partial charge in [0.05, 0.1) is 0 Å². The SMILES string of the molecule is C[C@H](C=O)[C@H]1CC[C@H]2[C@@H]3CCc4cc(O)ccc4[C@H]3CC[C@]12C. The van der Waals surface area contributed by atoms with Crippen molar-refractivity contribution in [3.05, 3.63) is 29.3 Å². The number of hydrogen-bond donors (Lipinski definition) is 1. The Balaban J connectivity index is 1.66. The first kappa shape index (κ1) is 15.2. The highest BCUT2D eigenvalue weighted by atomic mass is 16.3. The van der Waals surface area contributed by atoms with Gasteiger partial charge in [-0.05, 0) is 90.9 Å². The Hall–Kier alpha value is -1.31. The van der Waals surface area contributed by atoms with Crippen molar-refractivity contribution in [2.24, 2.45) is 29.1 Å². The molecule has 2 heteroatoms. The summed E-state index contributed by atoms with van der Waals surface area (Å²) < 4.78 is 0. The lowest BCUT2D eigenvalue weighted by Gasteiger charge is -2.51. The highest BCUT2D eigenvalue weighted by molar-refractivity contribution is 5.54. The number of fused-ring (bicyclic) bond motifs is 5. The van der Waals surface area contributed by atoms with Crippen LogP contribution in [0.1, 0.15) is 63.0 Å². The molecule has 0 aromatic heterocycles. The zero-order valence-electron chi connectivity index (χ0n) is 14.3. The molecule has 2 saturated carbocycles. The first-order valence-electron chi connectivity index (χ1n) is 9.31. The van der Waals surface area contributed by atoms with Crippen molar-refractivity contribution < 1.29 is 9.90 Å². The summed E-state index contributed by atoms with van der Waals surface area (Å²) >= 11 is 0. The summed E-state index contributed by atoms with van der Waals surface area (Å²) in [6, 6.07) is 6.01. The predicted octanol–water partition coefficient (Wildman–Crippen LogP) is 4.70. The van der Waals surface area contributed by atoms with Crippen molar-refractivity contribution in [1.29, 1.82) is 0 Å². The Labute approximate surface area is 139 Å². The second kappa shape index (κ2) is 5.36. The smallest absolute Gasteiger partial charge is 0.123 e. The quantitative estimate of drug-likeness (QED) is 0.804. The van der Waals surface area contributed by atoms with E-state index in [0.29, 0.717) is 23.0 Å². The summed E-state index contributed by atoms with van der Waals surface area (Å²) in [5.74, 6) is 3.40. The molecule has 6 atom stereocenters. The van der Waals surface area contributed by atoms with E-state index in [-0.39, 0.29) is 5.92 Å². The van der Waals surface area contributed by atoms with Crippen LogP contribution in [0, 0.1) is 29.1 Å². The minimum atomic E-state index is 0.203. The summed E-state index contributed by atoms with van der Waals surface area (Å²) in [4.78, 5) is 11.4. The molecule has 0 amide bonds. The average Bonchev–Trinajstić information content (AvgIpc) is 2.90. The lowest BCUT2D eigenvalue weighted by atomic mass is 9.53. The number of carbonyl (C=O) groups excluding carboxylic acids is 1. The van der Waals surface area contributed by atoms with Crippen molar-refractivity contribution in [3.63, 3.8) is 0 Å². The summed E-state index contributed by atoms with van der Waals surface area (Å²) in [6.45, 7) is 4.59. The maximum Gasteiger partial charge on any atom is 0.123 e. The zero-order chi connectivity index (χ0) is 16.2. The van der Waals surface area contributed by atoms with Crippen LogP contribution in [0.2, 0.25) is 0 Å². The van der Waals surface area contributed by atoms with Crippen LogP contribution in [0.4, 0.5) is 0 Å². The molecule has 3 aliphatic rings. The van der Waals surface area contributed by atoms with Gasteiger partial charge < -0.3 is 9.90 Å². The third-order valence-corrected chi connectivity index (χ3v) is 7.63. The molecule has 3 aliphatic carbocycles. The molecule has 0 heterocycles. The standard InChI is InChI=1S/C21H28O2/c1-13(12-22)19-7-8-20-18-5-3-14-11-15(23)4-6-16(14)17(18)9-10-21(19,20)2/h4,6,11-13,17-20,23H,3,5,7-10H2,1-2H3/t13-,17-,18-,19-,20+,21-/m1/s1. The first-order valence-corrected chi connectivity index (χ1v) is 9.31. The summed E-state index contributed by atoms with van der Waals surface area (Å²) in [6.07, 6.45) is 8.57. The van der Waals surface area contributed by atoms with Gasteiger partial charge in [-0.2, -0.15) is 0 Å². The van der Waals surface area contributed by atoms with E-state index in [9.17, 15) is 9.90 Å². The van der Waals surface area contributed by atoms with Crippen molar-refractivity contribution in [1.82, 2.24) is 0 Å². The van der Waals surface area contributed by atoms with E-state index in [1.54, 1.807) is 0 Å². The number of phenolic OH excluding ortho intramolecular Hbond substituents is 1. The normalized spacial score (nSPS) is 39.9. The largest absolute Gasteiger partial charge is 0.508 e.